The van der Waals surface area contributed by atoms with Gasteiger partial charge in [-0.05, 0) is 30.7 Å². The van der Waals surface area contributed by atoms with Gasteiger partial charge in [-0.3, -0.25) is 0 Å². The van der Waals surface area contributed by atoms with E-state index in [-0.39, 0.29) is 11.7 Å². The van der Waals surface area contributed by atoms with Gasteiger partial charge in [-0.2, -0.15) is 5.10 Å². The summed E-state index contributed by atoms with van der Waals surface area (Å²) in [5.41, 5.74) is 6.43. The Hall–Kier alpha value is -1.59. The van der Waals surface area contributed by atoms with E-state index < -0.39 is 0 Å². The number of nitrogens with zero attached hydrogens (tertiary/aromatic N) is 2. The largest absolute Gasteiger partial charge is 0.347 e. The summed E-state index contributed by atoms with van der Waals surface area (Å²) in [7, 11) is 0. The number of benzene rings is 1. The van der Waals surface area contributed by atoms with Crippen molar-refractivity contribution in [2.75, 3.05) is 0 Å². The minimum Gasteiger partial charge on any atom is -0.321 e. The maximum atomic E-state index is 11.8. The van der Waals surface area contributed by atoms with Gasteiger partial charge >= 0.3 is 5.69 Å². The first-order valence-electron chi connectivity index (χ1n) is 5.82. The molecule has 0 saturated heterocycles. The smallest absolute Gasteiger partial charge is 0.321 e. The van der Waals surface area contributed by atoms with Gasteiger partial charge in [0, 0.05) is 5.02 Å². The minimum absolute atomic E-state index is 0.260. The summed E-state index contributed by atoms with van der Waals surface area (Å²) in [4.78, 5) is 11.8. The normalized spacial score (nSPS) is 12.6. The van der Waals surface area contributed by atoms with Crippen LogP contribution in [0.2, 0.25) is 5.02 Å². The summed E-state index contributed by atoms with van der Waals surface area (Å²) in [6, 6.07) is 6.73. The standard InChI is InChI=1S/C12H15ClN4O/c1-2-3-10(14)11-15-16-12(18)17(11)9-6-4-8(13)5-7-9/h4-7,10H,2-3,14H2,1H3,(H,16,18). The molecule has 0 saturated carbocycles. The monoisotopic (exact) mass is 266 g/mol. The van der Waals surface area contributed by atoms with Gasteiger partial charge in [0.2, 0.25) is 0 Å². The summed E-state index contributed by atoms with van der Waals surface area (Å²) < 4.78 is 1.48. The van der Waals surface area contributed by atoms with Gasteiger partial charge in [0.1, 0.15) is 0 Å². The fraction of sp³-hybridized carbons (Fsp3) is 0.333. The Morgan fingerprint density at radius 1 is 1.44 bits per heavy atom. The lowest BCUT2D eigenvalue weighted by atomic mass is 10.1. The van der Waals surface area contributed by atoms with Crippen LogP contribution in [0.1, 0.15) is 31.6 Å². The highest BCUT2D eigenvalue weighted by Gasteiger charge is 2.16. The molecule has 2 aromatic rings. The molecule has 0 amide bonds. The highest BCUT2D eigenvalue weighted by Crippen LogP contribution is 2.17. The molecule has 1 unspecified atom stereocenters. The number of hydrogen-bond donors (Lipinski definition) is 2. The number of nitrogens with one attached hydrogen (secondary N) is 1. The highest BCUT2D eigenvalue weighted by molar-refractivity contribution is 6.30. The van der Waals surface area contributed by atoms with Gasteiger partial charge in [-0.15, -0.1) is 0 Å². The van der Waals surface area contributed by atoms with Crippen molar-refractivity contribution in [3.05, 3.63) is 45.6 Å². The zero-order valence-electron chi connectivity index (χ0n) is 10.1. The van der Waals surface area contributed by atoms with Crippen molar-refractivity contribution >= 4 is 11.6 Å². The molecule has 0 spiro atoms. The van der Waals surface area contributed by atoms with E-state index in [1.807, 2.05) is 6.92 Å². The molecule has 0 bridgehead atoms. The Bertz CT molecular complexity index is 573. The van der Waals surface area contributed by atoms with Gasteiger partial charge in [-0.1, -0.05) is 24.9 Å². The fourth-order valence-electron chi connectivity index (χ4n) is 1.84. The molecule has 96 valence electrons. The van der Waals surface area contributed by atoms with Gasteiger partial charge in [0.25, 0.3) is 0 Å². The number of aromatic amines is 1. The topological polar surface area (TPSA) is 76.7 Å². The average Bonchev–Trinajstić information content (AvgIpc) is 2.73. The molecule has 1 aromatic heterocycles. The van der Waals surface area contributed by atoms with Crippen molar-refractivity contribution < 1.29 is 0 Å². The van der Waals surface area contributed by atoms with Crippen LogP contribution in [0.25, 0.3) is 5.69 Å². The van der Waals surface area contributed by atoms with E-state index in [4.69, 9.17) is 17.3 Å². The number of rotatable bonds is 4. The van der Waals surface area contributed by atoms with E-state index in [0.29, 0.717) is 16.5 Å². The molecule has 0 aliphatic heterocycles. The van der Waals surface area contributed by atoms with Crippen LogP contribution in [0.3, 0.4) is 0 Å². The third kappa shape index (κ3) is 2.47. The molecule has 1 aromatic carbocycles. The third-order valence-corrected chi connectivity index (χ3v) is 2.97. The Labute approximate surface area is 110 Å². The van der Waals surface area contributed by atoms with Crippen molar-refractivity contribution in [1.29, 1.82) is 0 Å². The molecule has 0 aliphatic carbocycles. The lowest BCUT2D eigenvalue weighted by Gasteiger charge is -2.11. The highest BCUT2D eigenvalue weighted by atomic mass is 35.5. The molecule has 3 N–H and O–H groups in total. The Balaban J connectivity index is 2.46. The van der Waals surface area contributed by atoms with E-state index in [1.54, 1.807) is 24.3 Å². The van der Waals surface area contributed by atoms with Crippen molar-refractivity contribution in [2.45, 2.75) is 25.8 Å². The van der Waals surface area contributed by atoms with Crippen LogP contribution in [0.5, 0.6) is 0 Å². The summed E-state index contributed by atoms with van der Waals surface area (Å²) >= 11 is 5.83. The van der Waals surface area contributed by atoms with E-state index >= 15 is 0 Å². The average molecular weight is 267 g/mol. The van der Waals surface area contributed by atoms with Crippen molar-refractivity contribution in [3.8, 4) is 5.69 Å². The van der Waals surface area contributed by atoms with Gasteiger partial charge in [0.05, 0.1) is 11.7 Å². The zero-order chi connectivity index (χ0) is 13.1. The van der Waals surface area contributed by atoms with Crippen molar-refractivity contribution in [3.63, 3.8) is 0 Å². The van der Waals surface area contributed by atoms with Gasteiger partial charge in [0.15, 0.2) is 5.82 Å². The molecule has 2 rings (SSSR count). The predicted molar refractivity (Wildman–Crippen MR) is 71.0 cm³/mol. The minimum atomic E-state index is -0.293. The lowest BCUT2D eigenvalue weighted by molar-refractivity contribution is 0.589. The van der Waals surface area contributed by atoms with E-state index in [0.717, 1.165) is 12.8 Å². The second-order valence-electron chi connectivity index (χ2n) is 4.09. The summed E-state index contributed by atoms with van der Waals surface area (Å²) in [5.74, 6) is 0.546. The first kappa shape index (κ1) is 12.9. The molecule has 1 atom stereocenters. The second kappa shape index (κ2) is 5.37. The van der Waals surface area contributed by atoms with Crippen LogP contribution in [0.15, 0.2) is 29.1 Å². The van der Waals surface area contributed by atoms with Crippen molar-refractivity contribution in [2.24, 2.45) is 5.73 Å². The Morgan fingerprint density at radius 3 is 2.72 bits per heavy atom. The third-order valence-electron chi connectivity index (χ3n) is 2.71. The van der Waals surface area contributed by atoms with E-state index in [2.05, 4.69) is 10.2 Å². The van der Waals surface area contributed by atoms with E-state index in [1.165, 1.54) is 4.57 Å². The zero-order valence-corrected chi connectivity index (χ0v) is 10.8. The Morgan fingerprint density at radius 2 is 2.11 bits per heavy atom. The summed E-state index contributed by atoms with van der Waals surface area (Å²) in [6.07, 6.45) is 1.71. The molecule has 0 radical (unpaired) electrons. The molecule has 18 heavy (non-hydrogen) atoms. The molecule has 0 aliphatic rings. The summed E-state index contributed by atoms with van der Waals surface area (Å²) in [5, 5.41) is 7.05. The number of aromatic nitrogens is 3. The van der Waals surface area contributed by atoms with Crippen LogP contribution in [0, 0.1) is 0 Å². The number of H-pyrrole nitrogens is 1. The van der Waals surface area contributed by atoms with Crippen LogP contribution in [0.4, 0.5) is 0 Å². The van der Waals surface area contributed by atoms with Gasteiger partial charge < -0.3 is 5.73 Å². The molecule has 6 heteroatoms. The van der Waals surface area contributed by atoms with Crippen LogP contribution < -0.4 is 11.4 Å². The number of hydrogen-bond acceptors (Lipinski definition) is 3. The summed E-state index contributed by atoms with van der Waals surface area (Å²) in [6.45, 7) is 2.04. The predicted octanol–water partition coefficient (Wildman–Crippen LogP) is 2.01. The molecule has 0 fully saturated rings. The van der Waals surface area contributed by atoms with Crippen LogP contribution in [-0.4, -0.2) is 14.8 Å². The maximum absolute atomic E-state index is 11.8. The Kier molecular flexibility index (Phi) is 3.84. The second-order valence-corrected chi connectivity index (χ2v) is 4.53. The van der Waals surface area contributed by atoms with Crippen LogP contribution in [-0.2, 0) is 0 Å². The fourth-order valence-corrected chi connectivity index (χ4v) is 1.96. The van der Waals surface area contributed by atoms with Crippen molar-refractivity contribution in [1.82, 2.24) is 14.8 Å². The van der Waals surface area contributed by atoms with Crippen LogP contribution >= 0.6 is 11.6 Å². The molecule has 1 heterocycles. The maximum Gasteiger partial charge on any atom is 0.347 e. The number of halogens is 1. The molecule has 5 nitrogen and oxygen atoms in total. The first-order chi connectivity index (χ1) is 8.63. The molecular weight excluding hydrogens is 252 g/mol. The number of nitrogens with two attached hydrogens (primary N) is 1. The lowest BCUT2D eigenvalue weighted by Crippen LogP contribution is -2.21. The molecular formula is C12H15ClN4O. The quantitative estimate of drug-likeness (QED) is 0.889. The van der Waals surface area contributed by atoms with E-state index in [9.17, 15) is 4.79 Å². The SMILES string of the molecule is CCCC(N)c1n[nH]c(=O)n1-c1ccc(Cl)cc1. The van der Waals surface area contributed by atoms with Gasteiger partial charge in [-0.25, -0.2) is 14.5 Å². The first-order valence-corrected chi connectivity index (χ1v) is 6.20.